The van der Waals surface area contributed by atoms with Crippen LogP contribution >= 0.6 is 23.2 Å². The zero-order valence-corrected chi connectivity index (χ0v) is 11.4. The van der Waals surface area contributed by atoms with Gasteiger partial charge in [0.2, 0.25) is 0 Å². The van der Waals surface area contributed by atoms with Crippen molar-refractivity contribution in [1.29, 1.82) is 0 Å². The van der Waals surface area contributed by atoms with Crippen LogP contribution in [0.5, 0.6) is 0 Å². The highest BCUT2D eigenvalue weighted by atomic mass is 35.5. The third-order valence-corrected chi connectivity index (χ3v) is 3.22. The number of aromatic nitrogens is 2. The van der Waals surface area contributed by atoms with Gasteiger partial charge >= 0.3 is 0 Å². The number of amides is 1. The Bertz CT molecular complexity index is 607. The molecule has 94 valence electrons. The number of hydrogen-bond donors (Lipinski definition) is 1. The fourth-order valence-electron chi connectivity index (χ4n) is 1.50. The van der Waals surface area contributed by atoms with Crippen molar-refractivity contribution in [1.82, 2.24) is 9.78 Å². The van der Waals surface area contributed by atoms with E-state index in [0.717, 1.165) is 5.69 Å². The van der Waals surface area contributed by atoms with Crippen LogP contribution < -0.4 is 5.32 Å². The lowest BCUT2D eigenvalue weighted by Crippen LogP contribution is -2.13. The number of carbonyl (C=O) groups excluding carboxylic acids is 1. The molecule has 0 aliphatic heterocycles. The molecule has 0 aliphatic carbocycles. The van der Waals surface area contributed by atoms with E-state index >= 15 is 0 Å². The summed E-state index contributed by atoms with van der Waals surface area (Å²) in [5, 5.41) is 7.68. The molecule has 0 spiro atoms. The van der Waals surface area contributed by atoms with E-state index in [1.165, 1.54) is 6.20 Å². The number of hydrogen-bond acceptors (Lipinski definition) is 2. The van der Waals surface area contributed by atoms with Crippen molar-refractivity contribution >= 4 is 34.8 Å². The van der Waals surface area contributed by atoms with Crippen molar-refractivity contribution in [2.45, 2.75) is 6.92 Å². The third kappa shape index (κ3) is 2.49. The van der Waals surface area contributed by atoms with Crippen molar-refractivity contribution in [3.8, 4) is 0 Å². The summed E-state index contributed by atoms with van der Waals surface area (Å²) in [6.07, 6.45) is 1.52. The number of nitrogens with zero attached hydrogens (tertiary/aromatic N) is 2. The number of nitrogens with one attached hydrogen (secondary N) is 1. The normalized spacial score (nSPS) is 10.4. The second kappa shape index (κ2) is 5.00. The quantitative estimate of drug-likeness (QED) is 0.919. The minimum Gasteiger partial charge on any atom is -0.320 e. The number of aryl methyl sites for hydroxylation is 1. The van der Waals surface area contributed by atoms with E-state index in [9.17, 15) is 4.79 Å². The molecule has 1 heterocycles. The predicted octanol–water partition coefficient (Wildman–Crippen LogP) is 3.29. The predicted molar refractivity (Wildman–Crippen MR) is 72.4 cm³/mol. The van der Waals surface area contributed by atoms with Crippen LogP contribution in [0.4, 0.5) is 5.69 Å². The SMILES string of the molecule is Cc1c(C(=O)Nc2cc(Cl)ccc2Cl)cnn1C. The number of halogens is 2. The van der Waals surface area contributed by atoms with Gasteiger partial charge in [0.25, 0.3) is 5.91 Å². The van der Waals surface area contributed by atoms with E-state index in [0.29, 0.717) is 21.3 Å². The Labute approximate surface area is 115 Å². The number of carbonyl (C=O) groups is 1. The molecule has 1 N–H and O–H groups in total. The maximum atomic E-state index is 12.0. The van der Waals surface area contributed by atoms with Gasteiger partial charge in [-0.1, -0.05) is 23.2 Å². The molecule has 2 aromatic rings. The Balaban J connectivity index is 2.27. The maximum Gasteiger partial charge on any atom is 0.259 e. The standard InChI is InChI=1S/C12H11Cl2N3O/c1-7-9(6-15-17(7)2)12(18)16-11-5-8(13)3-4-10(11)14/h3-6H,1-2H3,(H,16,18). The first kappa shape index (κ1) is 12.9. The average molecular weight is 284 g/mol. The number of benzene rings is 1. The summed E-state index contributed by atoms with van der Waals surface area (Å²) in [6, 6.07) is 4.90. The third-order valence-electron chi connectivity index (χ3n) is 2.66. The van der Waals surface area contributed by atoms with E-state index in [4.69, 9.17) is 23.2 Å². The van der Waals surface area contributed by atoms with E-state index < -0.39 is 0 Å². The van der Waals surface area contributed by atoms with Gasteiger partial charge in [-0.3, -0.25) is 9.48 Å². The summed E-state index contributed by atoms with van der Waals surface area (Å²) < 4.78 is 1.63. The number of rotatable bonds is 2. The molecule has 0 bridgehead atoms. The van der Waals surface area contributed by atoms with E-state index in [2.05, 4.69) is 10.4 Å². The molecule has 0 unspecified atom stereocenters. The zero-order valence-electron chi connectivity index (χ0n) is 9.87. The van der Waals surface area contributed by atoms with Crippen molar-refractivity contribution in [2.24, 2.45) is 7.05 Å². The topological polar surface area (TPSA) is 46.9 Å². The molecule has 4 nitrogen and oxygen atoms in total. The van der Waals surface area contributed by atoms with Crippen LogP contribution in [-0.2, 0) is 7.05 Å². The Hall–Kier alpha value is -1.52. The highest BCUT2D eigenvalue weighted by Crippen LogP contribution is 2.26. The summed E-state index contributed by atoms with van der Waals surface area (Å²) in [4.78, 5) is 12.0. The lowest BCUT2D eigenvalue weighted by Gasteiger charge is -2.07. The smallest absolute Gasteiger partial charge is 0.259 e. The molecule has 0 saturated heterocycles. The maximum absolute atomic E-state index is 12.0. The zero-order chi connectivity index (χ0) is 13.3. The van der Waals surface area contributed by atoms with Gasteiger partial charge in [0.05, 0.1) is 22.5 Å². The lowest BCUT2D eigenvalue weighted by atomic mass is 10.2. The highest BCUT2D eigenvalue weighted by molar-refractivity contribution is 6.35. The fourth-order valence-corrected chi connectivity index (χ4v) is 1.84. The first-order valence-electron chi connectivity index (χ1n) is 5.24. The van der Waals surface area contributed by atoms with Gasteiger partial charge in [-0.05, 0) is 25.1 Å². The van der Waals surface area contributed by atoms with Crippen LogP contribution in [0.3, 0.4) is 0 Å². The van der Waals surface area contributed by atoms with Crippen molar-refractivity contribution in [3.63, 3.8) is 0 Å². The Morgan fingerprint density at radius 1 is 1.39 bits per heavy atom. The first-order chi connectivity index (χ1) is 8.49. The van der Waals surface area contributed by atoms with Gasteiger partial charge < -0.3 is 5.32 Å². The summed E-state index contributed by atoms with van der Waals surface area (Å²) in [6.45, 7) is 1.82. The van der Waals surface area contributed by atoms with Gasteiger partial charge in [-0.25, -0.2) is 0 Å². The fraction of sp³-hybridized carbons (Fsp3) is 0.167. The minimum atomic E-state index is -0.259. The molecular weight excluding hydrogens is 273 g/mol. The van der Waals surface area contributed by atoms with Crippen LogP contribution in [0.2, 0.25) is 10.0 Å². The van der Waals surface area contributed by atoms with E-state index in [1.54, 1.807) is 29.9 Å². The molecule has 1 aromatic heterocycles. The van der Waals surface area contributed by atoms with E-state index in [1.807, 2.05) is 6.92 Å². The molecule has 0 atom stereocenters. The van der Waals surface area contributed by atoms with Crippen LogP contribution in [0, 0.1) is 6.92 Å². The van der Waals surface area contributed by atoms with Gasteiger partial charge in [0, 0.05) is 17.8 Å². The van der Waals surface area contributed by atoms with Crippen molar-refractivity contribution < 1.29 is 4.79 Å². The molecule has 18 heavy (non-hydrogen) atoms. The molecule has 6 heteroatoms. The summed E-state index contributed by atoms with van der Waals surface area (Å²) in [5.41, 5.74) is 1.77. The molecule has 2 rings (SSSR count). The largest absolute Gasteiger partial charge is 0.320 e. The molecule has 0 saturated carbocycles. The number of anilines is 1. The van der Waals surface area contributed by atoms with Crippen LogP contribution in [0.25, 0.3) is 0 Å². The van der Waals surface area contributed by atoms with Gasteiger partial charge in [-0.2, -0.15) is 5.10 Å². The highest BCUT2D eigenvalue weighted by Gasteiger charge is 2.14. The molecule has 1 amide bonds. The second-order valence-corrected chi connectivity index (χ2v) is 4.69. The monoisotopic (exact) mass is 283 g/mol. The molecule has 0 radical (unpaired) electrons. The minimum absolute atomic E-state index is 0.259. The van der Waals surface area contributed by atoms with Crippen molar-refractivity contribution in [3.05, 3.63) is 45.7 Å². The van der Waals surface area contributed by atoms with Crippen LogP contribution in [0.1, 0.15) is 16.1 Å². The van der Waals surface area contributed by atoms with Crippen LogP contribution in [0.15, 0.2) is 24.4 Å². The Morgan fingerprint density at radius 3 is 2.72 bits per heavy atom. The lowest BCUT2D eigenvalue weighted by molar-refractivity contribution is 0.102. The molecule has 0 fully saturated rings. The van der Waals surface area contributed by atoms with Gasteiger partial charge in [0.15, 0.2) is 0 Å². The Kier molecular flexibility index (Phi) is 3.59. The van der Waals surface area contributed by atoms with Crippen molar-refractivity contribution in [2.75, 3.05) is 5.32 Å². The van der Waals surface area contributed by atoms with Crippen LogP contribution in [-0.4, -0.2) is 15.7 Å². The second-order valence-electron chi connectivity index (χ2n) is 3.85. The summed E-state index contributed by atoms with van der Waals surface area (Å²) >= 11 is 11.8. The first-order valence-corrected chi connectivity index (χ1v) is 5.99. The van der Waals surface area contributed by atoms with Gasteiger partial charge in [0.1, 0.15) is 0 Å². The average Bonchev–Trinajstić information content (AvgIpc) is 2.65. The summed E-state index contributed by atoms with van der Waals surface area (Å²) in [5.74, 6) is -0.259. The summed E-state index contributed by atoms with van der Waals surface area (Å²) in [7, 11) is 1.78. The molecular formula is C12H11Cl2N3O. The van der Waals surface area contributed by atoms with Gasteiger partial charge in [-0.15, -0.1) is 0 Å². The van der Waals surface area contributed by atoms with E-state index in [-0.39, 0.29) is 5.91 Å². The molecule has 0 aliphatic rings. The Morgan fingerprint density at radius 2 is 2.11 bits per heavy atom. The molecule has 1 aromatic carbocycles.